The number of rotatable bonds is 4. The van der Waals surface area contributed by atoms with Crippen molar-refractivity contribution in [3.05, 3.63) is 11.4 Å². The molecule has 2 heterocycles. The molecule has 3 rings (SSSR count). The molecule has 1 saturated heterocycles. The van der Waals surface area contributed by atoms with E-state index in [0.29, 0.717) is 12.3 Å². The lowest BCUT2D eigenvalue weighted by Gasteiger charge is -2.47. The number of esters is 1. The van der Waals surface area contributed by atoms with Crippen molar-refractivity contribution in [2.24, 2.45) is 0 Å². The summed E-state index contributed by atoms with van der Waals surface area (Å²) in [5.74, 6) is -0.254. The molecule has 0 radical (unpaired) electrons. The number of carbonyl (C=O) groups is 1. The Morgan fingerprint density at radius 3 is 3.00 bits per heavy atom. The van der Waals surface area contributed by atoms with Gasteiger partial charge in [0.15, 0.2) is 5.69 Å². The van der Waals surface area contributed by atoms with Gasteiger partial charge in [-0.2, -0.15) is 0 Å². The van der Waals surface area contributed by atoms with Crippen LogP contribution in [0, 0.1) is 0 Å². The van der Waals surface area contributed by atoms with Gasteiger partial charge in [0, 0.05) is 6.61 Å². The van der Waals surface area contributed by atoms with Crippen LogP contribution in [0.2, 0.25) is 0 Å². The Labute approximate surface area is 128 Å². The first-order valence-corrected chi connectivity index (χ1v) is 8.03. The average Bonchev–Trinajstić information content (AvgIpc) is 2.90. The number of alkyl halides is 1. The fraction of sp³-hybridized carbons (Fsp3) is 0.786. The van der Waals surface area contributed by atoms with Crippen LogP contribution >= 0.6 is 11.6 Å². The zero-order valence-electron chi connectivity index (χ0n) is 12.2. The minimum absolute atomic E-state index is 0.0164. The lowest BCUT2D eigenvalue weighted by atomic mass is 9.74. The zero-order valence-corrected chi connectivity index (χ0v) is 12.9. The number of aromatic nitrogens is 3. The van der Waals surface area contributed by atoms with Gasteiger partial charge in [-0.1, -0.05) is 5.21 Å². The van der Waals surface area contributed by atoms with E-state index in [-0.39, 0.29) is 23.2 Å². The van der Waals surface area contributed by atoms with Crippen LogP contribution in [0.4, 0.5) is 0 Å². The summed E-state index contributed by atoms with van der Waals surface area (Å²) in [5, 5.41) is 8.15. The number of halogens is 1. The van der Waals surface area contributed by atoms with Gasteiger partial charge in [-0.05, 0) is 39.0 Å². The Hall–Kier alpha value is -1.14. The highest BCUT2D eigenvalue weighted by molar-refractivity contribution is 6.17. The summed E-state index contributed by atoms with van der Waals surface area (Å²) in [6.45, 7) is 2.80. The summed E-state index contributed by atoms with van der Waals surface area (Å²) in [4.78, 5) is 11.9. The quantitative estimate of drug-likeness (QED) is 0.631. The molecule has 2 fully saturated rings. The second-order valence-electron chi connectivity index (χ2n) is 5.72. The number of carbonyl (C=O) groups excluding carboxylic acids is 1. The van der Waals surface area contributed by atoms with E-state index in [4.69, 9.17) is 21.1 Å². The monoisotopic (exact) mass is 313 g/mol. The number of hydrogen-bond donors (Lipinski definition) is 0. The third-order valence-electron chi connectivity index (χ3n) is 4.46. The third kappa shape index (κ3) is 2.66. The normalized spacial score (nSPS) is 23.8. The predicted octanol–water partition coefficient (Wildman–Crippen LogP) is 2.47. The van der Waals surface area contributed by atoms with Crippen LogP contribution in [-0.4, -0.2) is 39.8 Å². The average molecular weight is 314 g/mol. The largest absolute Gasteiger partial charge is 0.461 e. The Balaban J connectivity index is 1.83. The summed E-state index contributed by atoms with van der Waals surface area (Å²) < 4.78 is 12.7. The van der Waals surface area contributed by atoms with Crippen molar-refractivity contribution in [2.75, 3.05) is 13.2 Å². The third-order valence-corrected chi connectivity index (χ3v) is 4.72. The predicted molar refractivity (Wildman–Crippen MR) is 76.3 cm³/mol. The number of ether oxygens (including phenoxy) is 2. The van der Waals surface area contributed by atoms with Crippen LogP contribution < -0.4 is 0 Å². The minimum Gasteiger partial charge on any atom is -0.461 e. The van der Waals surface area contributed by atoms with Gasteiger partial charge in [-0.15, -0.1) is 16.7 Å². The summed E-state index contributed by atoms with van der Waals surface area (Å²) in [7, 11) is 0. The van der Waals surface area contributed by atoms with Crippen molar-refractivity contribution < 1.29 is 14.3 Å². The van der Waals surface area contributed by atoms with E-state index in [1.165, 1.54) is 6.42 Å². The molecule has 2 aliphatic rings. The molecule has 21 heavy (non-hydrogen) atoms. The number of hydrogen-bond acceptors (Lipinski definition) is 5. The van der Waals surface area contributed by atoms with Crippen molar-refractivity contribution in [3.8, 4) is 0 Å². The maximum atomic E-state index is 11.9. The first-order valence-electron chi connectivity index (χ1n) is 7.50. The maximum absolute atomic E-state index is 11.9. The number of nitrogens with zero attached hydrogens (tertiary/aromatic N) is 3. The lowest BCUT2D eigenvalue weighted by molar-refractivity contribution is -0.141. The van der Waals surface area contributed by atoms with Crippen LogP contribution in [-0.2, 0) is 15.4 Å². The highest BCUT2D eigenvalue weighted by atomic mass is 35.5. The molecule has 1 aliphatic heterocycles. The Kier molecular flexibility index (Phi) is 4.17. The fourth-order valence-electron chi connectivity index (χ4n) is 3.22. The van der Waals surface area contributed by atoms with Gasteiger partial charge in [-0.3, -0.25) is 0 Å². The molecule has 1 aromatic heterocycles. The molecule has 1 unspecified atom stereocenters. The van der Waals surface area contributed by atoms with Crippen molar-refractivity contribution in [2.45, 2.75) is 56.6 Å². The van der Waals surface area contributed by atoms with Gasteiger partial charge in [0.1, 0.15) is 0 Å². The molecule has 1 atom stereocenters. The molecule has 1 saturated carbocycles. The Bertz CT molecular complexity index is 528. The van der Waals surface area contributed by atoms with Crippen LogP contribution in [0.1, 0.15) is 61.3 Å². The molecule has 0 bridgehead atoms. The van der Waals surface area contributed by atoms with Crippen molar-refractivity contribution >= 4 is 17.6 Å². The topological polar surface area (TPSA) is 66.2 Å². The molecule has 0 N–H and O–H groups in total. The molecule has 1 aromatic rings. The first-order chi connectivity index (χ1) is 10.2. The Morgan fingerprint density at radius 2 is 2.38 bits per heavy atom. The molecule has 116 valence electrons. The Morgan fingerprint density at radius 1 is 1.57 bits per heavy atom. The second kappa shape index (κ2) is 5.93. The molecule has 7 heteroatoms. The van der Waals surface area contributed by atoms with E-state index >= 15 is 0 Å². The van der Waals surface area contributed by atoms with Crippen LogP contribution in [0.3, 0.4) is 0 Å². The molecular weight excluding hydrogens is 294 g/mol. The van der Waals surface area contributed by atoms with Gasteiger partial charge in [0.2, 0.25) is 0 Å². The minimum atomic E-state index is -0.454. The molecule has 1 spiro atoms. The van der Waals surface area contributed by atoms with Gasteiger partial charge in [0.05, 0.1) is 29.8 Å². The van der Waals surface area contributed by atoms with E-state index in [2.05, 4.69) is 10.3 Å². The lowest BCUT2D eigenvalue weighted by Crippen LogP contribution is -2.46. The van der Waals surface area contributed by atoms with E-state index in [0.717, 1.165) is 32.3 Å². The fourth-order valence-corrected chi connectivity index (χ4v) is 3.47. The second-order valence-corrected chi connectivity index (χ2v) is 5.98. The van der Waals surface area contributed by atoms with E-state index < -0.39 is 5.97 Å². The first kappa shape index (κ1) is 14.8. The highest BCUT2D eigenvalue weighted by Gasteiger charge is 2.44. The molecule has 0 amide bonds. The van der Waals surface area contributed by atoms with Crippen LogP contribution in [0.15, 0.2) is 0 Å². The van der Waals surface area contributed by atoms with Crippen LogP contribution in [0.5, 0.6) is 0 Å². The summed E-state index contributed by atoms with van der Waals surface area (Å²) in [6.07, 6.45) is 5.23. The van der Waals surface area contributed by atoms with Gasteiger partial charge in [-0.25, -0.2) is 9.48 Å². The standard InChI is InChI=1S/C14H20ClN3O3/c1-2-20-13(19)12-11(9-15)18(17-16-12)10-4-7-21-14(8-10)5-3-6-14/h10H,2-9H2,1H3. The molecule has 6 nitrogen and oxygen atoms in total. The van der Waals surface area contributed by atoms with Gasteiger partial charge >= 0.3 is 5.97 Å². The molecular formula is C14H20ClN3O3. The van der Waals surface area contributed by atoms with E-state index in [1.54, 1.807) is 6.92 Å². The van der Waals surface area contributed by atoms with E-state index in [1.807, 2.05) is 4.68 Å². The van der Waals surface area contributed by atoms with Crippen molar-refractivity contribution in [1.82, 2.24) is 15.0 Å². The SMILES string of the molecule is CCOC(=O)c1nnn(C2CCOC3(CCC3)C2)c1CCl. The zero-order chi connectivity index (χ0) is 14.9. The van der Waals surface area contributed by atoms with Crippen molar-refractivity contribution in [3.63, 3.8) is 0 Å². The summed E-state index contributed by atoms with van der Waals surface area (Å²) >= 11 is 6.02. The molecule has 0 aromatic carbocycles. The molecule has 1 aliphatic carbocycles. The summed E-state index contributed by atoms with van der Waals surface area (Å²) in [5.41, 5.74) is 0.903. The highest BCUT2D eigenvalue weighted by Crippen LogP contribution is 2.45. The van der Waals surface area contributed by atoms with Crippen LogP contribution in [0.25, 0.3) is 0 Å². The maximum Gasteiger partial charge on any atom is 0.360 e. The van der Waals surface area contributed by atoms with E-state index in [9.17, 15) is 4.79 Å². The summed E-state index contributed by atoms with van der Waals surface area (Å²) in [6, 6.07) is 0.198. The van der Waals surface area contributed by atoms with Gasteiger partial charge in [0.25, 0.3) is 0 Å². The smallest absolute Gasteiger partial charge is 0.360 e. The van der Waals surface area contributed by atoms with Crippen molar-refractivity contribution in [1.29, 1.82) is 0 Å². The van der Waals surface area contributed by atoms with Gasteiger partial charge < -0.3 is 9.47 Å².